The Morgan fingerprint density at radius 3 is 3.38 bits per heavy atom. The van der Waals surface area contributed by atoms with Gasteiger partial charge in [-0.1, -0.05) is 0 Å². The fourth-order valence-electron chi connectivity index (χ4n) is 1.49. The van der Waals surface area contributed by atoms with Crippen LogP contribution in [0.2, 0.25) is 0 Å². The number of rotatable bonds is 4. The summed E-state index contributed by atoms with van der Waals surface area (Å²) in [6.45, 7) is 2.76. The van der Waals surface area contributed by atoms with Crippen LogP contribution in [0.4, 0.5) is 0 Å². The Bertz CT molecular complexity index is 232. The molecule has 4 heteroatoms. The summed E-state index contributed by atoms with van der Waals surface area (Å²) in [6, 6.07) is 0. The summed E-state index contributed by atoms with van der Waals surface area (Å²) in [6.07, 6.45) is 4.68. The van der Waals surface area contributed by atoms with Crippen molar-refractivity contribution in [3.05, 3.63) is 16.6 Å². The summed E-state index contributed by atoms with van der Waals surface area (Å²) in [4.78, 5) is 4.20. The highest BCUT2D eigenvalue weighted by Gasteiger charge is 2.14. The molecule has 72 valence electrons. The second-order valence-corrected chi connectivity index (χ2v) is 4.17. The van der Waals surface area contributed by atoms with Crippen LogP contribution < -0.4 is 5.32 Å². The molecule has 1 N–H and O–H groups in total. The molecule has 0 aromatic carbocycles. The molecule has 1 aromatic heterocycles. The van der Waals surface area contributed by atoms with Gasteiger partial charge in [-0.25, -0.2) is 4.98 Å². The van der Waals surface area contributed by atoms with Crippen molar-refractivity contribution in [2.75, 3.05) is 13.2 Å². The maximum Gasteiger partial charge on any atom is 0.106 e. The number of nitrogens with zero attached hydrogens (tertiary/aromatic N) is 1. The fourth-order valence-corrected chi connectivity index (χ4v) is 2.07. The smallest absolute Gasteiger partial charge is 0.106 e. The third kappa shape index (κ3) is 2.76. The van der Waals surface area contributed by atoms with Gasteiger partial charge in [0.05, 0.1) is 6.10 Å². The number of aromatic nitrogens is 1. The lowest BCUT2D eigenvalue weighted by molar-refractivity contribution is 0.110. The zero-order chi connectivity index (χ0) is 8.93. The zero-order valence-electron chi connectivity index (χ0n) is 7.53. The summed E-state index contributed by atoms with van der Waals surface area (Å²) in [5.74, 6) is 0. The summed E-state index contributed by atoms with van der Waals surface area (Å²) in [5, 5.41) is 6.51. The molecule has 0 aliphatic carbocycles. The first-order valence-electron chi connectivity index (χ1n) is 4.66. The molecule has 0 unspecified atom stereocenters. The third-order valence-corrected chi connectivity index (χ3v) is 2.94. The highest BCUT2D eigenvalue weighted by molar-refractivity contribution is 7.09. The monoisotopic (exact) mass is 198 g/mol. The molecule has 1 fully saturated rings. The molecule has 1 saturated heterocycles. The van der Waals surface area contributed by atoms with Crippen LogP contribution >= 0.6 is 11.3 Å². The molecule has 2 rings (SSSR count). The van der Waals surface area contributed by atoms with E-state index in [1.807, 2.05) is 11.6 Å². The minimum atomic E-state index is 0.431. The van der Waals surface area contributed by atoms with Crippen LogP contribution in [0.15, 0.2) is 11.6 Å². The maximum atomic E-state index is 5.49. The van der Waals surface area contributed by atoms with Crippen molar-refractivity contribution in [3.8, 4) is 0 Å². The molecular formula is C9H14N2OS. The van der Waals surface area contributed by atoms with Crippen LogP contribution in [0.25, 0.3) is 0 Å². The number of hydrogen-bond acceptors (Lipinski definition) is 4. The van der Waals surface area contributed by atoms with Gasteiger partial charge in [-0.05, 0) is 12.8 Å². The molecule has 0 radical (unpaired) electrons. The Morgan fingerprint density at radius 1 is 1.69 bits per heavy atom. The number of nitrogens with one attached hydrogen (secondary N) is 1. The van der Waals surface area contributed by atoms with Gasteiger partial charge < -0.3 is 10.1 Å². The molecule has 0 bridgehead atoms. The van der Waals surface area contributed by atoms with Crippen molar-refractivity contribution in [1.82, 2.24) is 10.3 Å². The van der Waals surface area contributed by atoms with Gasteiger partial charge in [-0.3, -0.25) is 0 Å². The third-order valence-electron chi connectivity index (χ3n) is 2.16. The molecule has 0 amide bonds. The fraction of sp³-hybridized carbons (Fsp3) is 0.667. The van der Waals surface area contributed by atoms with E-state index in [0.29, 0.717) is 6.10 Å². The Hall–Kier alpha value is -0.450. The van der Waals surface area contributed by atoms with Gasteiger partial charge >= 0.3 is 0 Å². The van der Waals surface area contributed by atoms with E-state index in [-0.39, 0.29) is 0 Å². The molecule has 0 saturated carbocycles. The van der Waals surface area contributed by atoms with Crippen molar-refractivity contribution < 1.29 is 4.74 Å². The largest absolute Gasteiger partial charge is 0.377 e. The van der Waals surface area contributed by atoms with Crippen molar-refractivity contribution >= 4 is 11.3 Å². The van der Waals surface area contributed by atoms with Crippen LogP contribution in [0.5, 0.6) is 0 Å². The summed E-state index contributed by atoms with van der Waals surface area (Å²) < 4.78 is 5.49. The second-order valence-electron chi connectivity index (χ2n) is 3.19. The van der Waals surface area contributed by atoms with Crippen LogP contribution in [-0.2, 0) is 11.3 Å². The van der Waals surface area contributed by atoms with Gasteiger partial charge in [-0.15, -0.1) is 11.3 Å². The second kappa shape index (κ2) is 4.69. The van der Waals surface area contributed by atoms with Gasteiger partial charge in [0.1, 0.15) is 5.01 Å². The Labute approximate surface area is 82.1 Å². The summed E-state index contributed by atoms with van der Waals surface area (Å²) in [7, 11) is 0. The average Bonchev–Trinajstić information content (AvgIpc) is 2.75. The first-order chi connectivity index (χ1) is 6.45. The van der Waals surface area contributed by atoms with E-state index in [2.05, 4.69) is 10.3 Å². The first-order valence-corrected chi connectivity index (χ1v) is 5.54. The quantitative estimate of drug-likeness (QED) is 0.794. The lowest BCUT2D eigenvalue weighted by Gasteiger charge is -2.08. The lowest BCUT2D eigenvalue weighted by Crippen LogP contribution is -2.25. The number of hydrogen-bond donors (Lipinski definition) is 1. The maximum absolute atomic E-state index is 5.49. The Morgan fingerprint density at radius 2 is 2.69 bits per heavy atom. The average molecular weight is 198 g/mol. The Kier molecular flexibility index (Phi) is 3.29. The van der Waals surface area contributed by atoms with E-state index in [1.54, 1.807) is 11.3 Å². The zero-order valence-corrected chi connectivity index (χ0v) is 8.35. The molecule has 1 atom stereocenters. The minimum Gasteiger partial charge on any atom is -0.377 e. The SMILES string of the molecule is c1csc(CNC[C@H]2CCCO2)n1. The van der Waals surface area contributed by atoms with Crippen LogP contribution in [0, 0.1) is 0 Å². The van der Waals surface area contributed by atoms with Gasteiger partial charge in [0, 0.05) is 31.3 Å². The van der Waals surface area contributed by atoms with E-state index in [1.165, 1.54) is 12.8 Å². The van der Waals surface area contributed by atoms with Crippen LogP contribution in [0.3, 0.4) is 0 Å². The number of thiazole rings is 1. The molecule has 13 heavy (non-hydrogen) atoms. The summed E-state index contributed by atoms with van der Waals surface area (Å²) in [5.41, 5.74) is 0. The van der Waals surface area contributed by atoms with E-state index >= 15 is 0 Å². The molecule has 1 aliphatic heterocycles. The van der Waals surface area contributed by atoms with Crippen molar-refractivity contribution in [2.24, 2.45) is 0 Å². The normalized spacial score (nSPS) is 22.3. The van der Waals surface area contributed by atoms with Gasteiger partial charge in [0.25, 0.3) is 0 Å². The molecule has 2 heterocycles. The molecule has 3 nitrogen and oxygen atoms in total. The van der Waals surface area contributed by atoms with Crippen molar-refractivity contribution in [2.45, 2.75) is 25.5 Å². The standard InChI is InChI=1S/C9H14N2OS/c1-2-8(12-4-1)6-10-7-9-11-3-5-13-9/h3,5,8,10H,1-2,4,6-7H2/t8-/m1/s1. The molecule has 1 aromatic rings. The number of ether oxygens (including phenoxy) is 1. The highest BCUT2D eigenvalue weighted by atomic mass is 32.1. The highest BCUT2D eigenvalue weighted by Crippen LogP contribution is 2.11. The molecular weight excluding hydrogens is 184 g/mol. The molecule has 1 aliphatic rings. The predicted molar refractivity (Wildman–Crippen MR) is 52.8 cm³/mol. The topological polar surface area (TPSA) is 34.1 Å². The van der Waals surface area contributed by atoms with E-state index in [0.717, 1.165) is 24.7 Å². The van der Waals surface area contributed by atoms with Crippen molar-refractivity contribution in [3.63, 3.8) is 0 Å². The summed E-state index contributed by atoms with van der Waals surface area (Å²) >= 11 is 1.69. The first kappa shape index (κ1) is 9.12. The van der Waals surface area contributed by atoms with Gasteiger partial charge in [-0.2, -0.15) is 0 Å². The minimum absolute atomic E-state index is 0.431. The van der Waals surface area contributed by atoms with Gasteiger partial charge in [0.15, 0.2) is 0 Å². The van der Waals surface area contributed by atoms with E-state index < -0.39 is 0 Å². The van der Waals surface area contributed by atoms with Crippen molar-refractivity contribution in [1.29, 1.82) is 0 Å². The molecule has 0 spiro atoms. The van der Waals surface area contributed by atoms with Gasteiger partial charge in [0.2, 0.25) is 0 Å². The Balaban J connectivity index is 1.63. The van der Waals surface area contributed by atoms with Crippen LogP contribution in [-0.4, -0.2) is 24.2 Å². The van der Waals surface area contributed by atoms with E-state index in [4.69, 9.17) is 4.74 Å². The van der Waals surface area contributed by atoms with E-state index in [9.17, 15) is 0 Å². The van der Waals surface area contributed by atoms with Crippen LogP contribution in [0.1, 0.15) is 17.8 Å². The lowest BCUT2D eigenvalue weighted by atomic mass is 10.2. The predicted octanol–water partition coefficient (Wildman–Crippen LogP) is 1.41.